The molecule has 0 fully saturated rings. The zero-order valence-corrected chi connectivity index (χ0v) is 25.3. The van der Waals surface area contributed by atoms with Crippen molar-refractivity contribution in [2.75, 3.05) is 0 Å². The molecular weight excluding hydrogens is 502 g/mol. The van der Waals surface area contributed by atoms with Crippen molar-refractivity contribution in [1.29, 1.82) is 0 Å². The predicted octanol–water partition coefficient (Wildman–Crippen LogP) is 8.97. The molecule has 41 heavy (non-hydrogen) atoms. The van der Waals surface area contributed by atoms with Crippen LogP contribution in [-0.4, -0.2) is 15.7 Å². The lowest BCUT2D eigenvalue weighted by Crippen LogP contribution is -2.26. The first-order chi connectivity index (χ1) is 19.5. The number of hydrogen-bond donors (Lipinski definition) is 1. The van der Waals surface area contributed by atoms with Gasteiger partial charge in [0.15, 0.2) is 0 Å². The summed E-state index contributed by atoms with van der Waals surface area (Å²) in [5.41, 5.74) is 10.1. The van der Waals surface area contributed by atoms with Crippen LogP contribution in [0.25, 0.3) is 22.0 Å². The van der Waals surface area contributed by atoms with E-state index in [1.54, 1.807) is 0 Å². The average Bonchev–Trinajstić information content (AvgIpc) is 3.27. The van der Waals surface area contributed by atoms with E-state index in [0.29, 0.717) is 18.0 Å². The lowest BCUT2D eigenvalue weighted by atomic mass is 9.82. The second kappa shape index (κ2) is 11.4. The predicted molar refractivity (Wildman–Crippen MR) is 171 cm³/mol. The summed E-state index contributed by atoms with van der Waals surface area (Å²) < 4.78 is 2.03. The first kappa shape index (κ1) is 28.4. The summed E-state index contributed by atoms with van der Waals surface area (Å²) in [5, 5.41) is 9.01. The molecule has 0 radical (unpaired) electrons. The largest absolute Gasteiger partial charge is 0.346 e. The fourth-order valence-corrected chi connectivity index (χ4v) is 5.50. The fourth-order valence-electron chi connectivity index (χ4n) is 5.50. The maximum absolute atomic E-state index is 13.2. The Hall–Kier alpha value is -4.18. The van der Waals surface area contributed by atoms with Crippen LogP contribution in [-0.2, 0) is 12.0 Å². The SMILES string of the molecule is Cc1nn(Cc2ccc(-c3ccccc3C(C)(C)C)cc2)c2ccc(C(=O)N[C@@H](C)c3cccc(C(C)C)c3)cc12. The third-order valence-electron chi connectivity index (χ3n) is 7.95. The van der Waals surface area contributed by atoms with Gasteiger partial charge in [0.1, 0.15) is 0 Å². The number of nitrogens with one attached hydrogen (secondary N) is 1. The van der Waals surface area contributed by atoms with Gasteiger partial charge in [0, 0.05) is 10.9 Å². The summed E-state index contributed by atoms with van der Waals surface area (Å²) in [5.74, 6) is 0.371. The number of fused-ring (bicyclic) bond motifs is 1. The highest BCUT2D eigenvalue weighted by Crippen LogP contribution is 2.33. The van der Waals surface area contributed by atoms with Crippen LogP contribution in [0, 0.1) is 6.92 Å². The van der Waals surface area contributed by atoms with Gasteiger partial charge in [0.25, 0.3) is 5.91 Å². The molecule has 1 amide bonds. The number of hydrogen-bond acceptors (Lipinski definition) is 2. The summed E-state index contributed by atoms with van der Waals surface area (Å²) in [6, 6.07) is 31.7. The molecular formula is C37H41N3O. The van der Waals surface area contributed by atoms with E-state index in [1.807, 2.05) is 36.7 Å². The van der Waals surface area contributed by atoms with Gasteiger partial charge in [0.2, 0.25) is 0 Å². The van der Waals surface area contributed by atoms with E-state index in [-0.39, 0.29) is 17.4 Å². The van der Waals surface area contributed by atoms with Gasteiger partial charge in [0.05, 0.1) is 23.8 Å². The first-order valence-electron chi connectivity index (χ1n) is 14.6. The van der Waals surface area contributed by atoms with Gasteiger partial charge in [-0.25, -0.2) is 0 Å². The van der Waals surface area contributed by atoms with E-state index >= 15 is 0 Å². The minimum atomic E-state index is -0.0842. The summed E-state index contributed by atoms with van der Waals surface area (Å²) in [7, 11) is 0. The monoisotopic (exact) mass is 543 g/mol. The molecule has 0 bridgehead atoms. The number of nitrogens with zero attached hydrogens (tertiary/aromatic N) is 2. The zero-order valence-electron chi connectivity index (χ0n) is 25.3. The highest BCUT2D eigenvalue weighted by Gasteiger charge is 2.19. The van der Waals surface area contributed by atoms with Gasteiger partial charge >= 0.3 is 0 Å². The molecule has 1 N–H and O–H groups in total. The number of benzene rings is 4. The Morgan fingerprint density at radius 3 is 2.27 bits per heavy atom. The van der Waals surface area contributed by atoms with Crippen molar-refractivity contribution < 1.29 is 4.79 Å². The Labute approximate surface area is 244 Å². The van der Waals surface area contributed by atoms with Crippen molar-refractivity contribution in [2.45, 2.75) is 72.4 Å². The molecule has 210 valence electrons. The molecule has 1 aromatic heterocycles. The molecule has 1 atom stereocenters. The second-order valence-electron chi connectivity index (χ2n) is 12.5. The topological polar surface area (TPSA) is 46.9 Å². The van der Waals surface area contributed by atoms with Crippen LogP contribution in [0.15, 0.2) is 91.0 Å². The zero-order chi connectivity index (χ0) is 29.3. The fraction of sp³-hybridized carbons (Fsp3) is 0.297. The molecule has 0 aliphatic heterocycles. The Morgan fingerprint density at radius 2 is 1.56 bits per heavy atom. The molecule has 4 nitrogen and oxygen atoms in total. The van der Waals surface area contributed by atoms with E-state index in [1.165, 1.54) is 27.8 Å². The van der Waals surface area contributed by atoms with E-state index in [9.17, 15) is 4.79 Å². The maximum Gasteiger partial charge on any atom is 0.251 e. The van der Waals surface area contributed by atoms with E-state index < -0.39 is 0 Å². The average molecular weight is 544 g/mol. The van der Waals surface area contributed by atoms with Crippen molar-refractivity contribution in [3.05, 3.63) is 125 Å². The molecule has 4 aromatic carbocycles. The number of carbonyl (C=O) groups excluding carboxylic acids is 1. The van der Waals surface area contributed by atoms with Crippen LogP contribution >= 0.6 is 0 Å². The number of carbonyl (C=O) groups is 1. The lowest BCUT2D eigenvalue weighted by Gasteiger charge is -2.23. The Bertz CT molecular complexity index is 1690. The highest BCUT2D eigenvalue weighted by molar-refractivity contribution is 5.98. The number of aromatic nitrogens is 2. The Morgan fingerprint density at radius 1 is 0.854 bits per heavy atom. The summed E-state index contributed by atoms with van der Waals surface area (Å²) >= 11 is 0. The third-order valence-corrected chi connectivity index (χ3v) is 7.95. The standard InChI is InChI=1S/C37H41N3O/c1-24(2)29-11-10-12-30(21-29)25(3)38-36(41)31-19-20-35-33(22-31)26(4)39-40(35)23-27-15-17-28(18-16-27)32-13-8-9-14-34(32)37(5,6)7/h8-22,24-25H,23H2,1-7H3,(H,38,41)/t25-/m0/s1. The third kappa shape index (κ3) is 6.12. The van der Waals surface area contributed by atoms with Gasteiger partial charge < -0.3 is 5.32 Å². The van der Waals surface area contributed by atoms with Crippen LogP contribution in [0.5, 0.6) is 0 Å². The minimum Gasteiger partial charge on any atom is -0.346 e. The Balaban J connectivity index is 1.33. The lowest BCUT2D eigenvalue weighted by molar-refractivity contribution is 0.0940. The van der Waals surface area contributed by atoms with Gasteiger partial charge in [-0.1, -0.05) is 107 Å². The number of amides is 1. The number of aryl methyl sites for hydroxylation is 1. The van der Waals surface area contributed by atoms with Crippen molar-refractivity contribution in [1.82, 2.24) is 15.1 Å². The maximum atomic E-state index is 13.2. The second-order valence-corrected chi connectivity index (χ2v) is 12.5. The van der Waals surface area contributed by atoms with E-state index in [4.69, 9.17) is 5.10 Å². The quantitative estimate of drug-likeness (QED) is 0.223. The van der Waals surface area contributed by atoms with Gasteiger partial charge in [-0.3, -0.25) is 9.48 Å². The smallest absolute Gasteiger partial charge is 0.251 e. The van der Waals surface area contributed by atoms with Crippen LogP contribution in [0.3, 0.4) is 0 Å². The van der Waals surface area contributed by atoms with Gasteiger partial charge in [-0.2, -0.15) is 5.10 Å². The van der Waals surface area contributed by atoms with E-state index in [0.717, 1.165) is 22.2 Å². The van der Waals surface area contributed by atoms with Gasteiger partial charge in [-0.15, -0.1) is 0 Å². The first-order valence-corrected chi connectivity index (χ1v) is 14.6. The van der Waals surface area contributed by atoms with Crippen LogP contribution in [0.2, 0.25) is 0 Å². The van der Waals surface area contributed by atoms with Crippen molar-refractivity contribution in [3.8, 4) is 11.1 Å². The summed E-state index contributed by atoms with van der Waals surface area (Å²) in [6.07, 6.45) is 0. The number of rotatable bonds is 7. The van der Waals surface area contributed by atoms with Gasteiger partial charge in [-0.05, 0) is 76.8 Å². The molecule has 5 rings (SSSR count). The summed E-state index contributed by atoms with van der Waals surface area (Å²) in [4.78, 5) is 13.2. The van der Waals surface area contributed by atoms with Crippen molar-refractivity contribution in [2.24, 2.45) is 0 Å². The molecule has 5 aromatic rings. The molecule has 0 aliphatic rings. The van der Waals surface area contributed by atoms with Crippen molar-refractivity contribution in [3.63, 3.8) is 0 Å². The molecule has 0 aliphatic carbocycles. The minimum absolute atomic E-state index is 0.0763. The van der Waals surface area contributed by atoms with Crippen LogP contribution < -0.4 is 5.32 Å². The van der Waals surface area contributed by atoms with Crippen LogP contribution in [0.4, 0.5) is 0 Å². The molecule has 0 saturated carbocycles. The summed E-state index contributed by atoms with van der Waals surface area (Å²) in [6.45, 7) is 15.8. The highest BCUT2D eigenvalue weighted by atomic mass is 16.1. The molecule has 4 heteroatoms. The molecule has 1 heterocycles. The Kier molecular flexibility index (Phi) is 7.86. The molecule has 0 spiro atoms. The molecule has 0 unspecified atom stereocenters. The van der Waals surface area contributed by atoms with Crippen LogP contribution in [0.1, 0.15) is 91.8 Å². The van der Waals surface area contributed by atoms with E-state index in [2.05, 4.69) is 113 Å². The van der Waals surface area contributed by atoms with Crippen molar-refractivity contribution >= 4 is 16.8 Å². The normalized spacial score (nSPS) is 12.6. The molecule has 0 saturated heterocycles.